The Morgan fingerprint density at radius 2 is 1.73 bits per heavy atom. The van der Waals surface area contributed by atoms with E-state index in [0.717, 1.165) is 5.56 Å². The smallest absolute Gasteiger partial charge is 0.339 e. The van der Waals surface area contributed by atoms with E-state index in [1.807, 2.05) is 6.92 Å². The van der Waals surface area contributed by atoms with Gasteiger partial charge in [0, 0.05) is 0 Å². The molecule has 0 aliphatic carbocycles. The summed E-state index contributed by atoms with van der Waals surface area (Å²) in [5, 5.41) is 9.25. The van der Waals surface area contributed by atoms with Gasteiger partial charge in [-0.15, -0.1) is 0 Å². The average molecular weight is 322 g/mol. The van der Waals surface area contributed by atoms with Crippen LogP contribution >= 0.6 is 0 Å². The zero-order valence-electron chi connectivity index (χ0n) is 12.7. The first-order chi connectivity index (χ1) is 10.4. The molecule has 1 N–H and O–H groups in total. The van der Waals surface area contributed by atoms with Crippen molar-refractivity contribution in [1.29, 1.82) is 0 Å². The number of hydrogen-bond donors (Lipinski definition) is 1. The van der Waals surface area contributed by atoms with Crippen LogP contribution in [0.2, 0.25) is 0 Å². The third-order valence-electron chi connectivity index (χ3n) is 3.20. The van der Waals surface area contributed by atoms with Crippen molar-refractivity contribution in [2.24, 2.45) is 0 Å². The largest absolute Gasteiger partial charge is 0.493 e. The summed E-state index contributed by atoms with van der Waals surface area (Å²) in [6.07, 6.45) is 0. The summed E-state index contributed by atoms with van der Waals surface area (Å²) in [6, 6.07) is 9.54. The molecule has 2 aromatic rings. The second-order valence-electron chi connectivity index (χ2n) is 4.95. The van der Waals surface area contributed by atoms with E-state index in [-0.39, 0.29) is 17.3 Å². The first kappa shape index (κ1) is 16.3. The molecule has 0 heterocycles. The van der Waals surface area contributed by atoms with Gasteiger partial charge < -0.3 is 14.0 Å². The minimum atomic E-state index is -3.97. The number of benzene rings is 2. The summed E-state index contributed by atoms with van der Waals surface area (Å²) >= 11 is 0. The minimum Gasteiger partial charge on any atom is -0.493 e. The van der Waals surface area contributed by atoms with E-state index in [9.17, 15) is 13.5 Å². The SMILES string of the molecule is COc1c(C)cc(CO)cc1OS(=O)(=O)c1ccc(C)cc1. The third-order valence-corrected chi connectivity index (χ3v) is 4.44. The highest BCUT2D eigenvalue weighted by atomic mass is 32.2. The highest BCUT2D eigenvalue weighted by Gasteiger charge is 2.20. The van der Waals surface area contributed by atoms with Crippen LogP contribution in [0.1, 0.15) is 16.7 Å². The van der Waals surface area contributed by atoms with E-state index in [0.29, 0.717) is 16.9 Å². The summed E-state index contributed by atoms with van der Waals surface area (Å²) in [4.78, 5) is 0.0622. The van der Waals surface area contributed by atoms with Gasteiger partial charge in [-0.25, -0.2) is 0 Å². The number of rotatable bonds is 5. The minimum absolute atomic E-state index is 0.0622. The molecule has 0 saturated carbocycles. The van der Waals surface area contributed by atoms with Gasteiger partial charge in [-0.2, -0.15) is 8.42 Å². The molecule has 0 aliphatic rings. The first-order valence-electron chi connectivity index (χ1n) is 6.67. The summed E-state index contributed by atoms with van der Waals surface area (Å²) in [6.45, 7) is 3.41. The second-order valence-corrected chi connectivity index (χ2v) is 6.50. The number of hydrogen-bond acceptors (Lipinski definition) is 5. The first-order valence-corrected chi connectivity index (χ1v) is 8.07. The Balaban J connectivity index is 2.44. The molecule has 6 heteroatoms. The standard InChI is InChI=1S/C16H18O5S/c1-11-4-6-14(7-5-11)22(18,19)21-15-9-13(10-17)8-12(2)16(15)20-3/h4-9,17H,10H2,1-3H3. The third kappa shape index (κ3) is 3.40. The molecule has 22 heavy (non-hydrogen) atoms. The van der Waals surface area contributed by atoms with Crippen LogP contribution < -0.4 is 8.92 Å². The Bertz CT molecular complexity index is 764. The fraction of sp³-hybridized carbons (Fsp3) is 0.250. The summed E-state index contributed by atoms with van der Waals surface area (Å²) in [5.41, 5.74) is 2.19. The van der Waals surface area contributed by atoms with Gasteiger partial charge in [-0.1, -0.05) is 17.7 Å². The highest BCUT2D eigenvalue weighted by Crippen LogP contribution is 2.34. The Labute approximate surface area is 130 Å². The van der Waals surface area contributed by atoms with Gasteiger partial charge in [0.05, 0.1) is 13.7 Å². The summed E-state index contributed by atoms with van der Waals surface area (Å²) < 4.78 is 35.1. The predicted molar refractivity (Wildman–Crippen MR) is 82.6 cm³/mol. The molecule has 2 aromatic carbocycles. The molecule has 118 valence electrons. The zero-order valence-corrected chi connectivity index (χ0v) is 13.5. The van der Waals surface area contributed by atoms with Crippen LogP contribution in [-0.2, 0) is 16.7 Å². The van der Waals surface area contributed by atoms with Crippen molar-refractivity contribution in [3.8, 4) is 11.5 Å². The molecule has 0 radical (unpaired) electrons. The number of aliphatic hydroxyl groups excluding tert-OH is 1. The van der Waals surface area contributed by atoms with Crippen LogP contribution in [0.4, 0.5) is 0 Å². The van der Waals surface area contributed by atoms with Crippen LogP contribution in [-0.4, -0.2) is 20.6 Å². The molecule has 0 fully saturated rings. The maximum absolute atomic E-state index is 12.4. The van der Waals surface area contributed by atoms with Gasteiger partial charge in [-0.05, 0) is 49.2 Å². The molecule has 0 spiro atoms. The van der Waals surface area contributed by atoms with Gasteiger partial charge in [0.2, 0.25) is 0 Å². The number of methoxy groups -OCH3 is 1. The molecule has 0 saturated heterocycles. The second kappa shape index (κ2) is 6.37. The van der Waals surface area contributed by atoms with Gasteiger partial charge >= 0.3 is 10.1 Å². The van der Waals surface area contributed by atoms with Crippen molar-refractivity contribution in [3.05, 3.63) is 53.1 Å². The summed E-state index contributed by atoms with van der Waals surface area (Å²) in [7, 11) is -2.53. The molecule has 0 amide bonds. The molecule has 0 bridgehead atoms. The highest BCUT2D eigenvalue weighted by molar-refractivity contribution is 7.87. The average Bonchev–Trinajstić information content (AvgIpc) is 2.47. The van der Waals surface area contributed by atoms with Crippen molar-refractivity contribution in [3.63, 3.8) is 0 Å². The molecule has 0 unspecified atom stereocenters. The molecule has 0 aliphatic heterocycles. The number of aliphatic hydroxyl groups is 1. The summed E-state index contributed by atoms with van der Waals surface area (Å²) in [5.74, 6) is 0.389. The van der Waals surface area contributed by atoms with Gasteiger partial charge in [0.25, 0.3) is 0 Å². The van der Waals surface area contributed by atoms with E-state index in [1.165, 1.54) is 25.3 Å². The molecular weight excluding hydrogens is 304 g/mol. The van der Waals surface area contributed by atoms with Gasteiger partial charge in [-0.3, -0.25) is 0 Å². The van der Waals surface area contributed by atoms with E-state index >= 15 is 0 Å². The lowest BCUT2D eigenvalue weighted by molar-refractivity contribution is 0.281. The quantitative estimate of drug-likeness (QED) is 0.857. The zero-order chi connectivity index (χ0) is 16.3. The van der Waals surface area contributed by atoms with Gasteiger partial charge in [0.15, 0.2) is 11.5 Å². The monoisotopic (exact) mass is 322 g/mol. The number of ether oxygens (including phenoxy) is 1. The van der Waals surface area contributed by atoms with Crippen LogP contribution in [0.15, 0.2) is 41.3 Å². The van der Waals surface area contributed by atoms with Crippen molar-refractivity contribution in [2.75, 3.05) is 7.11 Å². The van der Waals surface area contributed by atoms with E-state index in [4.69, 9.17) is 8.92 Å². The lowest BCUT2D eigenvalue weighted by Crippen LogP contribution is -2.11. The molecule has 5 nitrogen and oxygen atoms in total. The van der Waals surface area contributed by atoms with Crippen molar-refractivity contribution in [1.82, 2.24) is 0 Å². The van der Waals surface area contributed by atoms with Crippen LogP contribution in [0.25, 0.3) is 0 Å². The Morgan fingerprint density at radius 1 is 1.09 bits per heavy atom. The molecule has 0 aromatic heterocycles. The van der Waals surface area contributed by atoms with Crippen molar-refractivity contribution >= 4 is 10.1 Å². The lowest BCUT2D eigenvalue weighted by atomic mass is 10.1. The Kier molecular flexibility index (Phi) is 4.73. The Morgan fingerprint density at radius 3 is 2.27 bits per heavy atom. The normalized spacial score (nSPS) is 11.3. The van der Waals surface area contributed by atoms with E-state index < -0.39 is 10.1 Å². The molecule has 0 atom stereocenters. The van der Waals surface area contributed by atoms with Crippen LogP contribution in [0.3, 0.4) is 0 Å². The molecular formula is C16H18O5S. The maximum Gasteiger partial charge on any atom is 0.339 e. The fourth-order valence-electron chi connectivity index (χ4n) is 2.10. The number of aryl methyl sites for hydroxylation is 2. The molecule has 2 rings (SSSR count). The van der Waals surface area contributed by atoms with Gasteiger partial charge in [0.1, 0.15) is 4.90 Å². The maximum atomic E-state index is 12.4. The van der Waals surface area contributed by atoms with E-state index in [1.54, 1.807) is 25.1 Å². The fourth-order valence-corrected chi connectivity index (χ4v) is 3.03. The van der Waals surface area contributed by atoms with Crippen LogP contribution in [0, 0.1) is 13.8 Å². The van der Waals surface area contributed by atoms with Crippen molar-refractivity contribution in [2.45, 2.75) is 25.3 Å². The van der Waals surface area contributed by atoms with E-state index in [2.05, 4.69) is 0 Å². The topological polar surface area (TPSA) is 72.8 Å². The Hall–Kier alpha value is -2.05. The lowest BCUT2D eigenvalue weighted by Gasteiger charge is -2.14. The van der Waals surface area contributed by atoms with Crippen molar-refractivity contribution < 1.29 is 22.4 Å². The predicted octanol–water partition coefficient (Wildman–Crippen LogP) is 2.57. The van der Waals surface area contributed by atoms with Crippen LogP contribution in [0.5, 0.6) is 11.5 Å².